The topological polar surface area (TPSA) is 79.2 Å². The summed E-state index contributed by atoms with van der Waals surface area (Å²) in [6, 6.07) is 9.92. The van der Waals surface area contributed by atoms with E-state index in [1.807, 2.05) is 12.1 Å². The quantitative estimate of drug-likeness (QED) is 0.604. The number of ether oxygens (including phenoxy) is 1. The zero-order chi connectivity index (χ0) is 18.5. The van der Waals surface area contributed by atoms with Crippen molar-refractivity contribution < 1.29 is 14.3 Å². The SMILES string of the molecule is C[C@H](OC(=O)CSc1ccc2c(c1)CCC2)C(=O)Nc1sccc1C#N. The van der Waals surface area contributed by atoms with Crippen molar-refractivity contribution in [1.29, 1.82) is 5.26 Å². The molecule has 0 saturated heterocycles. The van der Waals surface area contributed by atoms with Crippen LogP contribution < -0.4 is 5.32 Å². The summed E-state index contributed by atoms with van der Waals surface area (Å²) in [4.78, 5) is 25.2. The predicted octanol–water partition coefficient (Wildman–Crippen LogP) is 3.77. The Kier molecular flexibility index (Phi) is 5.96. The lowest BCUT2D eigenvalue weighted by molar-refractivity contribution is -0.150. The minimum absolute atomic E-state index is 0.152. The van der Waals surface area contributed by atoms with Gasteiger partial charge in [0.1, 0.15) is 11.1 Å². The average molecular weight is 386 g/mol. The summed E-state index contributed by atoms with van der Waals surface area (Å²) in [5, 5.41) is 13.8. The van der Waals surface area contributed by atoms with Crippen molar-refractivity contribution in [3.8, 4) is 6.07 Å². The van der Waals surface area contributed by atoms with Crippen LogP contribution in [0.15, 0.2) is 34.5 Å². The average Bonchev–Trinajstić information content (AvgIpc) is 3.27. The summed E-state index contributed by atoms with van der Waals surface area (Å²) < 4.78 is 5.20. The summed E-state index contributed by atoms with van der Waals surface area (Å²) in [7, 11) is 0. The van der Waals surface area contributed by atoms with Gasteiger partial charge in [0.15, 0.2) is 6.10 Å². The molecule has 1 amide bonds. The lowest BCUT2D eigenvalue weighted by Gasteiger charge is -2.13. The van der Waals surface area contributed by atoms with Gasteiger partial charge in [-0.2, -0.15) is 5.26 Å². The molecule has 1 aliphatic carbocycles. The van der Waals surface area contributed by atoms with E-state index in [2.05, 4.69) is 17.4 Å². The second-order valence-corrected chi connectivity index (χ2v) is 7.93. The minimum atomic E-state index is -0.920. The first-order valence-corrected chi connectivity index (χ1v) is 10.2. The molecule has 134 valence electrons. The summed E-state index contributed by atoms with van der Waals surface area (Å²) in [5.41, 5.74) is 3.15. The molecular weight excluding hydrogens is 368 g/mol. The Morgan fingerprint density at radius 1 is 1.35 bits per heavy atom. The first-order chi connectivity index (χ1) is 12.6. The molecule has 1 aliphatic rings. The van der Waals surface area contributed by atoms with E-state index >= 15 is 0 Å². The molecule has 1 atom stereocenters. The Balaban J connectivity index is 1.48. The van der Waals surface area contributed by atoms with Crippen molar-refractivity contribution >= 4 is 40.0 Å². The van der Waals surface area contributed by atoms with Crippen LogP contribution in [-0.2, 0) is 27.2 Å². The van der Waals surface area contributed by atoms with Crippen LogP contribution in [0.5, 0.6) is 0 Å². The number of benzene rings is 1. The number of anilines is 1. The molecular formula is C19H18N2O3S2. The molecule has 0 bridgehead atoms. The molecule has 1 aromatic carbocycles. The van der Waals surface area contributed by atoms with Gasteiger partial charge in [-0.3, -0.25) is 9.59 Å². The maximum absolute atomic E-state index is 12.1. The van der Waals surface area contributed by atoms with Gasteiger partial charge >= 0.3 is 5.97 Å². The highest BCUT2D eigenvalue weighted by atomic mass is 32.2. The van der Waals surface area contributed by atoms with Gasteiger partial charge in [0.05, 0.1) is 11.3 Å². The standard InChI is InChI=1S/C19H18N2O3S2/c1-12(18(23)21-19-15(10-20)7-8-25-19)24-17(22)11-26-16-6-5-13-3-2-4-14(13)9-16/h5-9,12H,2-4,11H2,1H3,(H,21,23)/t12-/m0/s1. The number of thiophene rings is 1. The number of carbonyl (C=O) groups is 2. The third-order valence-electron chi connectivity index (χ3n) is 4.13. The second kappa shape index (κ2) is 8.39. The van der Waals surface area contributed by atoms with Crippen molar-refractivity contribution in [2.75, 3.05) is 11.1 Å². The van der Waals surface area contributed by atoms with Crippen LogP contribution >= 0.6 is 23.1 Å². The van der Waals surface area contributed by atoms with E-state index in [1.165, 1.54) is 47.6 Å². The fourth-order valence-electron chi connectivity index (χ4n) is 2.77. The molecule has 0 unspecified atom stereocenters. The highest BCUT2D eigenvalue weighted by molar-refractivity contribution is 8.00. The van der Waals surface area contributed by atoms with E-state index < -0.39 is 18.0 Å². The van der Waals surface area contributed by atoms with E-state index in [0.717, 1.165) is 17.7 Å². The Bertz CT molecular complexity index is 870. The summed E-state index contributed by atoms with van der Waals surface area (Å²) in [5.74, 6) is -0.733. The lowest BCUT2D eigenvalue weighted by Crippen LogP contribution is -2.30. The van der Waals surface area contributed by atoms with Crippen molar-refractivity contribution in [3.63, 3.8) is 0 Å². The Labute approximate surface area is 160 Å². The van der Waals surface area contributed by atoms with Gasteiger partial charge in [0.2, 0.25) is 0 Å². The maximum Gasteiger partial charge on any atom is 0.317 e. The van der Waals surface area contributed by atoms with Crippen molar-refractivity contribution in [1.82, 2.24) is 0 Å². The van der Waals surface area contributed by atoms with E-state index in [4.69, 9.17) is 10.00 Å². The Morgan fingerprint density at radius 2 is 2.15 bits per heavy atom. The Morgan fingerprint density at radius 3 is 2.96 bits per heavy atom. The van der Waals surface area contributed by atoms with Gasteiger partial charge in [-0.15, -0.1) is 23.1 Å². The molecule has 0 saturated carbocycles. The predicted molar refractivity (Wildman–Crippen MR) is 102 cm³/mol. The van der Waals surface area contributed by atoms with Crippen LogP contribution in [0, 0.1) is 11.3 Å². The molecule has 1 N–H and O–H groups in total. The summed E-state index contributed by atoms with van der Waals surface area (Å²) >= 11 is 2.67. The third-order valence-corrected chi connectivity index (χ3v) is 5.92. The first-order valence-electron chi connectivity index (χ1n) is 8.29. The lowest BCUT2D eigenvalue weighted by atomic mass is 10.1. The smallest absolute Gasteiger partial charge is 0.317 e. The number of amides is 1. The van der Waals surface area contributed by atoms with Gasteiger partial charge in [-0.05, 0) is 60.9 Å². The van der Waals surface area contributed by atoms with Gasteiger partial charge < -0.3 is 10.1 Å². The largest absolute Gasteiger partial charge is 0.452 e. The third kappa shape index (κ3) is 4.45. The molecule has 26 heavy (non-hydrogen) atoms. The number of nitrogens with zero attached hydrogens (tertiary/aromatic N) is 1. The molecule has 0 spiro atoms. The highest BCUT2D eigenvalue weighted by Crippen LogP contribution is 2.27. The van der Waals surface area contributed by atoms with E-state index in [-0.39, 0.29) is 5.75 Å². The van der Waals surface area contributed by atoms with E-state index in [0.29, 0.717) is 10.6 Å². The highest BCUT2D eigenvalue weighted by Gasteiger charge is 2.20. The molecule has 2 aromatic rings. The van der Waals surface area contributed by atoms with Crippen molar-refractivity contribution in [2.24, 2.45) is 0 Å². The first kappa shape index (κ1) is 18.5. The van der Waals surface area contributed by atoms with Crippen LogP contribution in [0.2, 0.25) is 0 Å². The molecule has 0 aliphatic heterocycles. The number of esters is 1. The van der Waals surface area contributed by atoms with Gasteiger partial charge in [0, 0.05) is 4.90 Å². The zero-order valence-corrected chi connectivity index (χ0v) is 15.9. The van der Waals surface area contributed by atoms with Crippen molar-refractivity contribution in [2.45, 2.75) is 37.2 Å². The monoisotopic (exact) mass is 386 g/mol. The molecule has 1 heterocycles. The fourth-order valence-corrected chi connectivity index (χ4v) is 4.26. The molecule has 3 rings (SSSR count). The number of carbonyl (C=O) groups excluding carboxylic acids is 2. The summed E-state index contributed by atoms with van der Waals surface area (Å²) in [6.45, 7) is 1.52. The number of hydrogen-bond acceptors (Lipinski definition) is 6. The van der Waals surface area contributed by atoms with Crippen LogP contribution in [0.4, 0.5) is 5.00 Å². The van der Waals surface area contributed by atoms with Gasteiger partial charge in [-0.1, -0.05) is 6.07 Å². The van der Waals surface area contributed by atoms with Crippen molar-refractivity contribution in [3.05, 3.63) is 46.3 Å². The summed E-state index contributed by atoms with van der Waals surface area (Å²) in [6.07, 6.45) is 2.50. The number of aryl methyl sites for hydroxylation is 2. The number of fused-ring (bicyclic) bond motifs is 1. The number of rotatable bonds is 6. The minimum Gasteiger partial charge on any atom is -0.452 e. The van der Waals surface area contributed by atoms with Gasteiger partial charge in [-0.25, -0.2) is 0 Å². The molecule has 5 nitrogen and oxygen atoms in total. The van der Waals surface area contributed by atoms with Gasteiger partial charge in [0.25, 0.3) is 5.91 Å². The Hall–Kier alpha value is -2.30. The van der Waals surface area contributed by atoms with E-state index in [9.17, 15) is 9.59 Å². The number of hydrogen-bond donors (Lipinski definition) is 1. The fraction of sp³-hybridized carbons (Fsp3) is 0.316. The molecule has 7 heteroatoms. The molecule has 1 aromatic heterocycles. The maximum atomic E-state index is 12.1. The molecule has 0 radical (unpaired) electrons. The second-order valence-electron chi connectivity index (χ2n) is 5.97. The molecule has 0 fully saturated rings. The number of nitrogens with one attached hydrogen (secondary N) is 1. The zero-order valence-electron chi connectivity index (χ0n) is 14.3. The normalized spacial score (nSPS) is 13.5. The van der Waals surface area contributed by atoms with Crippen LogP contribution in [0.1, 0.15) is 30.0 Å². The van der Waals surface area contributed by atoms with Crippen LogP contribution in [0.3, 0.4) is 0 Å². The van der Waals surface area contributed by atoms with Crippen LogP contribution in [-0.4, -0.2) is 23.7 Å². The van der Waals surface area contributed by atoms with Crippen LogP contribution in [0.25, 0.3) is 0 Å². The van der Waals surface area contributed by atoms with E-state index in [1.54, 1.807) is 11.4 Å². The number of nitriles is 1. The number of thioether (sulfide) groups is 1.